The molecule has 0 spiro atoms. The third kappa shape index (κ3) is 4.03. The number of anilines is 3. The van der Waals surface area contributed by atoms with Gasteiger partial charge in [0, 0.05) is 26.4 Å². The monoisotopic (exact) mass is 410 g/mol. The van der Waals surface area contributed by atoms with E-state index < -0.39 is 0 Å². The topological polar surface area (TPSA) is 144 Å². The smallest absolute Gasteiger partial charge is 0.324 e. The molecule has 0 aliphatic carbocycles. The summed E-state index contributed by atoms with van der Waals surface area (Å²) < 4.78 is 10.8. The predicted molar refractivity (Wildman–Crippen MR) is 109 cm³/mol. The molecule has 3 aromatic rings. The van der Waals surface area contributed by atoms with Crippen molar-refractivity contribution in [3.63, 3.8) is 0 Å². The van der Waals surface area contributed by atoms with Gasteiger partial charge in [0.2, 0.25) is 17.6 Å². The van der Waals surface area contributed by atoms with Crippen LogP contribution in [0.2, 0.25) is 0 Å². The SMILES string of the molecule is COC[C@H]1CCCN1c1nc(-c2nc(N=NN)nc(N(C)c3ccccc3)n2)no1. The van der Waals surface area contributed by atoms with Crippen LogP contribution in [-0.4, -0.2) is 58.4 Å². The number of ether oxygens (including phenoxy) is 1. The second-order valence-corrected chi connectivity index (χ2v) is 6.71. The summed E-state index contributed by atoms with van der Waals surface area (Å²) in [6, 6.07) is 10.2. The molecule has 2 N–H and O–H groups in total. The van der Waals surface area contributed by atoms with Gasteiger partial charge in [0.1, 0.15) is 0 Å². The van der Waals surface area contributed by atoms with Crippen molar-refractivity contribution >= 4 is 23.6 Å². The van der Waals surface area contributed by atoms with Crippen molar-refractivity contribution in [2.75, 3.05) is 37.1 Å². The van der Waals surface area contributed by atoms with Crippen molar-refractivity contribution in [3.8, 4) is 11.6 Å². The molecule has 12 nitrogen and oxygen atoms in total. The fraction of sp³-hybridized carbons (Fsp3) is 0.389. The van der Waals surface area contributed by atoms with Gasteiger partial charge in [-0.25, -0.2) is 0 Å². The van der Waals surface area contributed by atoms with Crippen LogP contribution in [-0.2, 0) is 4.74 Å². The number of para-hydroxylation sites is 1. The average Bonchev–Trinajstić information content (AvgIpc) is 3.44. The maximum Gasteiger partial charge on any atom is 0.324 e. The molecule has 0 amide bonds. The molecule has 1 fully saturated rings. The number of benzene rings is 1. The second kappa shape index (κ2) is 8.78. The van der Waals surface area contributed by atoms with Crippen LogP contribution in [0.5, 0.6) is 0 Å². The van der Waals surface area contributed by atoms with Gasteiger partial charge in [-0.2, -0.15) is 19.9 Å². The van der Waals surface area contributed by atoms with E-state index in [1.54, 1.807) is 12.0 Å². The van der Waals surface area contributed by atoms with E-state index in [0.717, 1.165) is 25.1 Å². The highest BCUT2D eigenvalue weighted by Crippen LogP contribution is 2.28. The van der Waals surface area contributed by atoms with E-state index in [4.69, 9.17) is 15.1 Å². The Bertz CT molecular complexity index is 1010. The van der Waals surface area contributed by atoms with E-state index in [1.165, 1.54) is 0 Å². The highest BCUT2D eigenvalue weighted by atomic mass is 16.5. The molecule has 0 radical (unpaired) electrons. The minimum absolute atomic E-state index is 0.0464. The molecule has 1 aromatic carbocycles. The molecule has 0 unspecified atom stereocenters. The number of rotatable bonds is 7. The van der Waals surface area contributed by atoms with Crippen LogP contribution in [0.25, 0.3) is 11.6 Å². The summed E-state index contributed by atoms with van der Waals surface area (Å²) in [5, 5.41) is 11.1. The predicted octanol–water partition coefficient (Wildman–Crippen LogP) is 2.26. The second-order valence-electron chi connectivity index (χ2n) is 6.71. The van der Waals surface area contributed by atoms with Gasteiger partial charge in [-0.05, 0) is 25.0 Å². The van der Waals surface area contributed by atoms with E-state index in [-0.39, 0.29) is 23.6 Å². The summed E-state index contributed by atoms with van der Waals surface area (Å²) >= 11 is 0. The lowest BCUT2D eigenvalue weighted by Gasteiger charge is -2.20. The molecule has 156 valence electrons. The van der Waals surface area contributed by atoms with Crippen molar-refractivity contribution in [2.45, 2.75) is 18.9 Å². The Morgan fingerprint density at radius 2 is 2.03 bits per heavy atom. The minimum Gasteiger partial charge on any atom is -0.383 e. The molecule has 2 aromatic heterocycles. The summed E-state index contributed by atoms with van der Waals surface area (Å²) in [6.45, 7) is 1.41. The standard InChI is InChI=1S/C18H22N10O2/c1-27(12-7-4-3-5-8-12)17-21-14(20-16(23-17)24-26-19)15-22-18(30-25-15)28-10-6-9-13(28)11-29-2/h3-5,7-8,13H,6,9-11H2,1-2H3,(H2,19,20,21,23,24)/t13-/m1/s1. The van der Waals surface area contributed by atoms with Crippen LogP contribution in [0.15, 0.2) is 45.2 Å². The molecule has 0 bridgehead atoms. The Balaban J connectivity index is 1.67. The highest BCUT2D eigenvalue weighted by Gasteiger charge is 2.29. The Kier molecular flexibility index (Phi) is 5.75. The summed E-state index contributed by atoms with van der Waals surface area (Å²) in [5.41, 5.74) is 0.888. The Morgan fingerprint density at radius 3 is 2.80 bits per heavy atom. The summed E-state index contributed by atoms with van der Waals surface area (Å²) in [7, 11) is 3.51. The molecule has 12 heteroatoms. The fourth-order valence-corrected chi connectivity index (χ4v) is 3.34. The van der Waals surface area contributed by atoms with Crippen LogP contribution in [0, 0.1) is 0 Å². The third-order valence-corrected chi connectivity index (χ3v) is 4.80. The van der Waals surface area contributed by atoms with Gasteiger partial charge in [0.15, 0.2) is 0 Å². The maximum absolute atomic E-state index is 5.48. The molecule has 1 saturated heterocycles. The molecule has 3 heterocycles. The lowest BCUT2D eigenvalue weighted by atomic mass is 10.2. The summed E-state index contributed by atoms with van der Waals surface area (Å²) in [5.74, 6) is 6.02. The zero-order chi connectivity index (χ0) is 20.9. The Morgan fingerprint density at radius 1 is 1.20 bits per heavy atom. The first-order chi connectivity index (χ1) is 14.7. The molecule has 30 heavy (non-hydrogen) atoms. The van der Waals surface area contributed by atoms with Crippen molar-refractivity contribution in [3.05, 3.63) is 30.3 Å². The molecule has 4 rings (SSSR count). The maximum atomic E-state index is 5.48. The molecule has 1 atom stereocenters. The summed E-state index contributed by atoms with van der Waals surface area (Å²) in [4.78, 5) is 21.3. The number of aromatic nitrogens is 5. The Hall–Kier alpha value is -3.67. The van der Waals surface area contributed by atoms with Crippen LogP contribution >= 0.6 is 0 Å². The van der Waals surface area contributed by atoms with E-state index in [9.17, 15) is 0 Å². The van der Waals surface area contributed by atoms with Gasteiger partial charge >= 0.3 is 6.01 Å². The van der Waals surface area contributed by atoms with Crippen LogP contribution in [0.4, 0.5) is 23.6 Å². The molecule has 0 saturated carbocycles. The van der Waals surface area contributed by atoms with Crippen LogP contribution in [0.3, 0.4) is 0 Å². The van der Waals surface area contributed by atoms with Gasteiger partial charge in [-0.3, -0.25) is 0 Å². The zero-order valence-corrected chi connectivity index (χ0v) is 16.7. The average molecular weight is 410 g/mol. The molecular weight excluding hydrogens is 388 g/mol. The number of hydrogen-bond donors (Lipinski definition) is 1. The van der Waals surface area contributed by atoms with Crippen molar-refractivity contribution < 1.29 is 9.26 Å². The first kappa shape index (κ1) is 19.6. The lowest BCUT2D eigenvalue weighted by molar-refractivity contribution is 0.178. The quantitative estimate of drug-likeness (QED) is 0.350. The minimum atomic E-state index is 0.0464. The van der Waals surface area contributed by atoms with Crippen LogP contribution < -0.4 is 15.6 Å². The number of hydrogen-bond acceptors (Lipinski definition) is 11. The van der Waals surface area contributed by atoms with Crippen LogP contribution in [0.1, 0.15) is 12.8 Å². The third-order valence-electron chi connectivity index (χ3n) is 4.80. The van der Waals surface area contributed by atoms with E-state index in [1.807, 2.05) is 42.3 Å². The zero-order valence-electron chi connectivity index (χ0n) is 16.7. The van der Waals surface area contributed by atoms with Crippen molar-refractivity contribution in [1.82, 2.24) is 25.1 Å². The van der Waals surface area contributed by atoms with Gasteiger partial charge in [0.05, 0.1) is 12.6 Å². The van der Waals surface area contributed by atoms with Crippen molar-refractivity contribution in [1.29, 1.82) is 0 Å². The van der Waals surface area contributed by atoms with Gasteiger partial charge in [0.25, 0.3) is 5.95 Å². The molecular formula is C18H22N10O2. The Labute approximate surface area is 172 Å². The molecule has 1 aliphatic heterocycles. The van der Waals surface area contributed by atoms with E-state index in [0.29, 0.717) is 18.6 Å². The number of nitrogens with zero attached hydrogens (tertiary/aromatic N) is 9. The number of methoxy groups -OCH3 is 1. The normalized spacial score (nSPS) is 16.5. The number of nitrogens with two attached hydrogens (primary N) is 1. The van der Waals surface area contributed by atoms with Gasteiger partial charge in [-0.15, -0.1) is 0 Å². The summed E-state index contributed by atoms with van der Waals surface area (Å²) in [6.07, 6.45) is 2.04. The largest absolute Gasteiger partial charge is 0.383 e. The highest BCUT2D eigenvalue weighted by molar-refractivity contribution is 5.59. The first-order valence-electron chi connectivity index (χ1n) is 9.45. The van der Waals surface area contributed by atoms with E-state index in [2.05, 4.69) is 35.4 Å². The first-order valence-corrected chi connectivity index (χ1v) is 9.45. The van der Waals surface area contributed by atoms with E-state index >= 15 is 0 Å². The van der Waals surface area contributed by atoms with Gasteiger partial charge in [-0.1, -0.05) is 33.7 Å². The fourth-order valence-electron chi connectivity index (χ4n) is 3.34. The van der Waals surface area contributed by atoms with Crippen molar-refractivity contribution in [2.24, 2.45) is 16.2 Å². The van der Waals surface area contributed by atoms with Gasteiger partial charge < -0.3 is 24.9 Å². The lowest BCUT2D eigenvalue weighted by Crippen LogP contribution is -2.32. The molecule has 1 aliphatic rings.